The maximum atomic E-state index is 11.3. The van der Waals surface area contributed by atoms with Crippen LogP contribution in [0.3, 0.4) is 0 Å². The normalized spacial score (nSPS) is 11.2. The Morgan fingerprint density at radius 1 is 1.44 bits per heavy atom. The molecule has 0 unspecified atom stereocenters. The number of nitrogens with zero attached hydrogens (tertiary/aromatic N) is 1. The lowest BCUT2D eigenvalue weighted by Gasteiger charge is -2.07. The molecule has 0 bridgehead atoms. The molecule has 1 aromatic carbocycles. The van der Waals surface area contributed by atoms with Crippen LogP contribution in [0.4, 0.5) is 5.69 Å². The second kappa shape index (κ2) is 6.30. The van der Waals surface area contributed by atoms with Crippen molar-refractivity contribution >= 4 is 17.4 Å². The summed E-state index contributed by atoms with van der Waals surface area (Å²) in [5.74, 6) is -0.731. The Balaban J connectivity index is 3.09. The standard InChI is InChI=1S/C13H15N3O2/c1-3-16-10-6-4-9(5-7-10)12(15)11(8-14)13(17)18-2/h4-7,16H,3,15H2,1-2H3/b12-11-. The summed E-state index contributed by atoms with van der Waals surface area (Å²) in [4.78, 5) is 11.3. The predicted octanol–water partition coefficient (Wildman–Crippen LogP) is 1.48. The lowest BCUT2D eigenvalue weighted by Crippen LogP contribution is -2.10. The van der Waals surface area contributed by atoms with E-state index in [1.807, 2.05) is 19.1 Å². The van der Waals surface area contributed by atoms with Gasteiger partial charge in [0.15, 0.2) is 5.57 Å². The number of carbonyl (C=O) groups excluding carboxylic acids is 1. The van der Waals surface area contributed by atoms with E-state index in [9.17, 15) is 4.79 Å². The Morgan fingerprint density at radius 2 is 2.06 bits per heavy atom. The number of nitrogens with one attached hydrogen (secondary N) is 1. The Labute approximate surface area is 106 Å². The van der Waals surface area contributed by atoms with Gasteiger partial charge in [0.1, 0.15) is 6.07 Å². The number of nitriles is 1. The highest BCUT2D eigenvalue weighted by Crippen LogP contribution is 2.17. The summed E-state index contributed by atoms with van der Waals surface area (Å²) in [6.07, 6.45) is 0. The van der Waals surface area contributed by atoms with Crippen molar-refractivity contribution in [1.82, 2.24) is 0 Å². The highest BCUT2D eigenvalue weighted by atomic mass is 16.5. The van der Waals surface area contributed by atoms with Gasteiger partial charge in [0, 0.05) is 12.2 Å². The Hall–Kier alpha value is -2.48. The van der Waals surface area contributed by atoms with Gasteiger partial charge >= 0.3 is 5.97 Å². The van der Waals surface area contributed by atoms with Gasteiger partial charge in [-0.2, -0.15) is 5.26 Å². The first kappa shape index (κ1) is 13.6. The number of rotatable bonds is 4. The van der Waals surface area contributed by atoms with Gasteiger partial charge in [-0.1, -0.05) is 12.1 Å². The monoisotopic (exact) mass is 245 g/mol. The highest BCUT2D eigenvalue weighted by Gasteiger charge is 2.14. The summed E-state index contributed by atoms with van der Waals surface area (Å²) in [6, 6.07) is 8.91. The summed E-state index contributed by atoms with van der Waals surface area (Å²) in [6.45, 7) is 2.81. The van der Waals surface area contributed by atoms with Crippen molar-refractivity contribution < 1.29 is 9.53 Å². The van der Waals surface area contributed by atoms with Crippen molar-refractivity contribution in [2.45, 2.75) is 6.92 Å². The average Bonchev–Trinajstić information content (AvgIpc) is 2.40. The van der Waals surface area contributed by atoms with Crippen LogP contribution in [0.5, 0.6) is 0 Å². The van der Waals surface area contributed by atoms with Crippen molar-refractivity contribution in [3.8, 4) is 6.07 Å². The molecule has 0 aliphatic rings. The van der Waals surface area contributed by atoms with E-state index in [-0.39, 0.29) is 11.3 Å². The fourth-order valence-corrected chi connectivity index (χ4v) is 1.43. The van der Waals surface area contributed by atoms with E-state index in [0.29, 0.717) is 5.56 Å². The average molecular weight is 245 g/mol. The number of carbonyl (C=O) groups is 1. The third kappa shape index (κ3) is 3.01. The van der Waals surface area contributed by atoms with Crippen LogP contribution in [-0.4, -0.2) is 19.6 Å². The minimum Gasteiger partial charge on any atom is -0.465 e. The third-order valence-corrected chi connectivity index (χ3v) is 2.35. The predicted molar refractivity (Wildman–Crippen MR) is 69.3 cm³/mol. The van der Waals surface area contributed by atoms with Gasteiger partial charge in [-0.3, -0.25) is 0 Å². The number of anilines is 1. The van der Waals surface area contributed by atoms with Crippen LogP contribution in [0.1, 0.15) is 12.5 Å². The van der Waals surface area contributed by atoms with Crippen LogP contribution in [0, 0.1) is 11.3 Å². The largest absolute Gasteiger partial charge is 0.465 e. The quantitative estimate of drug-likeness (QED) is 0.476. The fraction of sp³-hybridized carbons (Fsp3) is 0.231. The van der Waals surface area contributed by atoms with E-state index in [2.05, 4.69) is 10.1 Å². The summed E-state index contributed by atoms with van der Waals surface area (Å²) in [5.41, 5.74) is 7.28. The molecule has 0 spiro atoms. The van der Waals surface area contributed by atoms with Crippen molar-refractivity contribution in [2.75, 3.05) is 19.0 Å². The SMILES string of the molecule is CCNc1ccc(/C(N)=C(\C#N)C(=O)OC)cc1. The molecule has 0 amide bonds. The van der Waals surface area contributed by atoms with Gasteiger partial charge < -0.3 is 15.8 Å². The first-order chi connectivity index (χ1) is 8.63. The van der Waals surface area contributed by atoms with Gasteiger partial charge in [0.05, 0.1) is 12.8 Å². The van der Waals surface area contributed by atoms with E-state index in [1.54, 1.807) is 18.2 Å². The number of nitrogens with two attached hydrogens (primary N) is 1. The van der Waals surface area contributed by atoms with Crippen LogP contribution >= 0.6 is 0 Å². The molecule has 0 aliphatic carbocycles. The van der Waals surface area contributed by atoms with E-state index >= 15 is 0 Å². The molecule has 0 saturated carbocycles. The van der Waals surface area contributed by atoms with Crippen LogP contribution in [0.25, 0.3) is 5.70 Å². The summed E-state index contributed by atoms with van der Waals surface area (Å²) >= 11 is 0. The smallest absolute Gasteiger partial charge is 0.350 e. The molecule has 1 aromatic rings. The minimum atomic E-state index is -0.731. The Kier molecular flexibility index (Phi) is 4.76. The van der Waals surface area contributed by atoms with Gasteiger partial charge in [-0.05, 0) is 24.6 Å². The molecular weight excluding hydrogens is 230 g/mol. The molecule has 0 saturated heterocycles. The van der Waals surface area contributed by atoms with Crippen LogP contribution < -0.4 is 11.1 Å². The molecule has 1 rings (SSSR count). The molecule has 5 heteroatoms. The minimum absolute atomic E-state index is 0.118. The molecule has 0 aromatic heterocycles. The van der Waals surface area contributed by atoms with Crippen molar-refractivity contribution in [1.29, 1.82) is 5.26 Å². The van der Waals surface area contributed by atoms with Gasteiger partial charge in [0.25, 0.3) is 0 Å². The molecular formula is C13H15N3O2. The first-order valence-electron chi connectivity index (χ1n) is 5.46. The zero-order valence-electron chi connectivity index (χ0n) is 10.4. The number of ether oxygens (including phenoxy) is 1. The van der Waals surface area contributed by atoms with Crippen LogP contribution in [0.15, 0.2) is 29.8 Å². The van der Waals surface area contributed by atoms with Gasteiger partial charge in [-0.15, -0.1) is 0 Å². The lowest BCUT2D eigenvalue weighted by molar-refractivity contribution is -0.135. The summed E-state index contributed by atoms with van der Waals surface area (Å²) in [5, 5.41) is 12.0. The molecule has 5 nitrogen and oxygen atoms in total. The van der Waals surface area contributed by atoms with Crippen LogP contribution in [0.2, 0.25) is 0 Å². The molecule has 0 heterocycles. The topological polar surface area (TPSA) is 88.1 Å². The third-order valence-electron chi connectivity index (χ3n) is 2.35. The number of methoxy groups -OCH3 is 1. The van der Waals surface area contributed by atoms with Crippen LogP contribution in [-0.2, 0) is 9.53 Å². The second-order valence-corrected chi connectivity index (χ2v) is 3.50. The molecule has 0 fully saturated rings. The zero-order chi connectivity index (χ0) is 13.5. The maximum absolute atomic E-state index is 11.3. The molecule has 0 atom stereocenters. The highest BCUT2D eigenvalue weighted by molar-refractivity contribution is 6.00. The number of hydrogen-bond acceptors (Lipinski definition) is 5. The number of hydrogen-bond donors (Lipinski definition) is 2. The molecule has 18 heavy (non-hydrogen) atoms. The van der Waals surface area contributed by atoms with Crippen molar-refractivity contribution in [3.05, 3.63) is 35.4 Å². The lowest BCUT2D eigenvalue weighted by atomic mass is 10.1. The molecule has 3 N–H and O–H groups in total. The fourth-order valence-electron chi connectivity index (χ4n) is 1.43. The maximum Gasteiger partial charge on any atom is 0.350 e. The molecule has 0 radical (unpaired) electrons. The summed E-state index contributed by atoms with van der Waals surface area (Å²) < 4.78 is 4.50. The zero-order valence-corrected chi connectivity index (χ0v) is 10.4. The van der Waals surface area contributed by atoms with E-state index in [1.165, 1.54) is 7.11 Å². The second-order valence-electron chi connectivity index (χ2n) is 3.50. The van der Waals surface area contributed by atoms with Gasteiger partial charge in [-0.25, -0.2) is 4.79 Å². The van der Waals surface area contributed by atoms with E-state index in [4.69, 9.17) is 11.0 Å². The Bertz CT molecular complexity index is 498. The summed E-state index contributed by atoms with van der Waals surface area (Å²) in [7, 11) is 1.21. The molecule has 0 aliphatic heterocycles. The van der Waals surface area contributed by atoms with Crippen molar-refractivity contribution in [2.24, 2.45) is 5.73 Å². The van der Waals surface area contributed by atoms with Gasteiger partial charge in [0.2, 0.25) is 0 Å². The molecule has 94 valence electrons. The van der Waals surface area contributed by atoms with E-state index in [0.717, 1.165) is 12.2 Å². The number of benzene rings is 1. The number of esters is 1. The van der Waals surface area contributed by atoms with Crippen molar-refractivity contribution in [3.63, 3.8) is 0 Å². The van der Waals surface area contributed by atoms with E-state index < -0.39 is 5.97 Å². The Morgan fingerprint density at radius 3 is 2.50 bits per heavy atom. The first-order valence-corrected chi connectivity index (χ1v) is 5.46.